The summed E-state index contributed by atoms with van der Waals surface area (Å²) < 4.78 is 10.2. The predicted molar refractivity (Wildman–Crippen MR) is 207 cm³/mol. The molecule has 14 nitrogen and oxygen atoms in total. The first-order chi connectivity index (χ1) is 24.8. The lowest BCUT2D eigenvalue weighted by Gasteiger charge is -2.21. The molecule has 0 unspecified atom stereocenters. The number of hydrogen-bond donors (Lipinski definition) is 7. The zero-order chi connectivity index (χ0) is 38.4. The maximum Gasteiger partial charge on any atom is 0.323 e. The highest BCUT2D eigenvalue weighted by Crippen LogP contribution is 2.39. The monoisotopic (exact) mass is 704 g/mol. The summed E-state index contributed by atoms with van der Waals surface area (Å²) >= 11 is 0. The number of carbonyl (C=O) groups is 4. The number of primary amides is 7. The summed E-state index contributed by atoms with van der Waals surface area (Å²) in [6, 6.07) is 37.6. The number of fused-ring (bicyclic) bond motifs is 2. The van der Waals surface area contributed by atoms with E-state index in [2.05, 4.69) is 107 Å². The minimum absolute atomic E-state index is 0.555. The summed E-state index contributed by atoms with van der Waals surface area (Å²) in [6.07, 6.45) is 0. The molecule has 7 aromatic carbocycles. The minimum Gasteiger partial charge on any atom is -0.497 e. The Kier molecular flexibility index (Phi) is 13.7. The van der Waals surface area contributed by atoms with Crippen molar-refractivity contribution in [2.24, 2.45) is 40.1 Å². The van der Waals surface area contributed by atoms with Crippen LogP contribution in [0.5, 0.6) is 11.5 Å². The van der Waals surface area contributed by atoms with Crippen LogP contribution >= 0.6 is 0 Å². The fraction of sp³-hybridized carbons (Fsp3) is 0.0526. The zero-order valence-corrected chi connectivity index (χ0v) is 28.5. The number of ether oxygens (including phenoxy) is 2. The van der Waals surface area contributed by atoms with Gasteiger partial charge in [0.05, 0.1) is 25.6 Å². The molecule has 0 fully saturated rings. The van der Waals surface area contributed by atoms with E-state index in [1.165, 1.54) is 48.0 Å². The summed E-state index contributed by atoms with van der Waals surface area (Å²) in [5, 5.41) is 10.9. The van der Waals surface area contributed by atoms with E-state index < -0.39 is 24.1 Å². The summed E-state index contributed by atoms with van der Waals surface area (Å²) in [5.74, 6) is 1.43. The lowest BCUT2D eigenvalue weighted by Crippen LogP contribution is -2.31. The van der Waals surface area contributed by atoms with Gasteiger partial charge in [-0.15, -0.1) is 0 Å². The van der Waals surface area contributed by atoms with Crippen molar-refractivity contribution in [2.75, 3.05) is 19.1 Å². The Balaban J connectivity index is 0.000000215. The van der Waals surface area contributed by atoms with Gasteiger partial charge in [0.25, 0.3) is 0 Å². The van der Waals surface area contributed by atoms with Crippen LogP contribution in [0.1, 0.15) is 0 Å². The number of amides is 8. The van der Waals surface area contributed by atoms with Gasteiger partial charge in [-0.25, -0.2) is 19.2 Å². The minimum atomic E-state index is -0.833. The standard InChI is InChI=1S/C20H12.C15H16N2O3.3CH4N2O/c1-5-13-6-2-11-17-18-12-4-8-14-7-3-10-16(20(14)18)15(9-1)19(13)17;1-19-13-7-3-11(4-8-13)17(15(16)18)12-5-9-14(20-2)10-6-12;3*2-1(3)4/h1-12H;3-10H,1-2H3,(H2,16,18);3*(H4,2,3,4). The van der Waals surface area contributed by atoms with Gasteiger partial charge in [-0.1, -0.05) is 72.8 Å². The van der Waals surface area contributed by atoms with Gasteiger partial charge in [0, 0.05) is 0 Å². The fourth-order valence-corrected chi connectivity index (χ4v) is 5.45. The van der Waals surface area contributed by atoms with Crippen molar-refractivity contribution >= 4 is 78.6 Å². The maximum absolute atomic E-state index is 11.7. The van der Waals surface area contributed by atoms with E-state index in [0.29, 0.717) is 22.9 Å². The lowest BCUT2D eigenvalue weighted by atomic mass is 9.90. The molecule has 0 saturated heterocycles. The van der Waals surface area contributed by atoms with Gasteiger partial charge in [0.2, 0.25) is 0 Å². The number of nitrogens with two attached hydrogens (primary N) is 7. The molecule has 0 bridgehead atoms. The Labute approximate surface area is 298 Å². The molecule has 7 rings (SSSR count). The highest BCUT2D eigenvalue weighted by Gasteiger charge is 2.15. The SMILES string of the molecule is COc1ccc(N(C(N)=O)c2ccc(OC)cc2)cc1.NC(N)=O.NC(N)=O.NC(N)=O.c1cc2cccc3c4cccc5cccc(c(c1)c23)c54. The molecule has 0 saturated carbocycles. The van der Waals surface area contributed by atoms with Crippen molar-refractivity contribution in [1.82, 2.24) is 0 Å². The Morgan fingerprint density at radius 2 is 0.673 bits per heavy atom. The quantitative estimate of drug-likeness (QED) is 0.0887. The fourth-order valence-electron chi connectivity index (χ4n) is 5.45. The van der Waals surface area contributed by atoms with Crippen LogP contribution in [0.25, 0.3) is 43.1 Å². The van der Waals surface area contributed by atoms with Gasteiger partial charge in [-0.3, -0.25) is 4.90 Å². The zero-order valence-electron chi connectivity index (χ0n) is 28.5. The third-order valence-electron chi connectivity index (χ3n) is 7.27. The molecule has 8 amide bonds. The molecule has 14 N–H and O–H groups in total. The first kappa shape index (κ1) is 39.0. The highest BCUT2D eigenvalue weighted by molar-refractivity contribution is 6.32. The number of benzene rings is 7. The number of nitrogens with zero attached hydrogens (tertiary/aromatic N) is 1. The summed E-state index contributed by atoms with van der Waals surface area (Å²) in [7, 11) is 3.18. The van der Waals surface area contributed by atoms with Crippen LogP contribution in [-0.4, -0.2) is 38.3 Å². The Bertz CT molecular complexity index is 2020. The molecule has 0 aliphatic carbocycles. The van der Waals surface area contributed by atoms with Crippen LogP contribution in [-0.2, 0) is 0 Å². The van der Waals surface area contributed by atoms with Crippen LogP contribution < -0.4 is 54.5 Å². The van der Waals surface area contributed by atoms with E-state index in [9.17, 15) is 4.79 Å². The second kappa shape index (κ2) is 18.3. The van der Waals surface area contributed by atoms with E-state index in [4.69, 9.17) is 29.6 Å². The molecular formula is C38H40N8O6. The van der Waals surface area contributed by atoms with Crippen molar-refractivity contribution in [3.63, 3.8) is 0 Å². The van der Waals surface area contributed by atoms with Crippen molar-refractivity contribution in [2.45, 2.75) is 0 Å². The van der Waals surface area contributed by atoms with Gasteiger partial charge in [-0.2, -0.15) is 0 Å². The molecule has 0 aliphatic rings. The van der Waals surface area contributed by atoms with Gasteiger partial charge in [0.1, 0.15) is 11.5 Å². The Morgan fingerprint density at radius 1 is 0.423 bits per heavy atom. The maximum atomic E-state index is 11.7. The third kappa shape index (κ3) is 10.3. The van der Waals surface area contributed by atoms with Gasteiger partial charge < -0.3 is 49.6 Å². The Morgan fingerprint density at radius 3 is 0.885 bits per heavy atom. The first-order valence-electron chi connectivity index (χ1n) is 15.4. The lowest BCUT2D eigenvalue weighted by molar-refractivity contribution is 0.255. The number of urea groups is 4. The molecule has 0 heterocycles. The largest absolute Gasteiger partial charge is 0.497 e. The number of hydrogen-bond acceptors (Lipinski definition) is 6. The van der Waals surface area contributed by atoms with Crippen molar-refractivity contribution < 1.29 is 28.7 Å². The average Bonchev–Trinajstić information content (AvgIpc) is 3.10. The molecule has 0 spiro atoms. The van der Waals surface area contributed by atoms with Gasteiger partial charge >= 0.3 is 24.1 Å². The van der Waals surface area contributed by atoms with E-state index in [1.54, 1.807) is 62.8 Å². The number of carbonyl (C=O) groups excluding carboxylic acids is 4. The average molecular weight is 705 g/mol. The number of methoxy groups -OCH3 is 2. The normalized spacial score (nSPS) is 9.81. The summed E-state index contributed by atoms with van der Waals surface area (Å²) in [6.45, 7) is 0. The molecule has 14 heteroatoms. The first-order valence-corrected chi connectivity index (χ1v) is 15.4. The predicted octanol–water partition coefficient (Wildman–Crippen LogP) is 5.73. The number of rotatable bonds is 4. The van der Waals surface area contributed by atoms with E-state index in [-0.39, 0.29) is 0 Å². The van der Waals surface area contributed by atoms with E-state index in [0.717, 1.165) is 0 Å². The second-order valence-corrected chi connectivity index (χ2v) is 10.7. The van der Waals surface area contributed by atoms with Crippen LogP contribution in [0.4, 0.5) is 30.6 Å². The van der Waals surface area contributed by atoms with Crippen LogP contribution in [0.3, 0.4) is 0 Å². The highest BCUT2D eigenvalue weighted by atomic mass is 16.5. The molecule has 7 aromatic rings. The third-order valence-corrected chi connectivity index (χ3v) is 7.27. The number of anilines is 2. The molecule has 0 aromatic heterocycles. The van der Waals surface area contributed by atoms with E-state index >= 15 is 0 Å². The van der Waals surface area contributed by atoms with Crippen LogP contribution in [0, 0.1) is 0 Å². The molecule has 0 aliphatic heterocycles. The van der Waals surface area contributed by atoms with Crippen molar-refractivity contribution in [3.05, 3.63) is 121 Å². The van der Waals surface area contributed by atoms with Crippen molar-refractivity contribution in [3.8, 4) is 11.5 Å². The molecule has 268 valence electrons. The molecule has 0 radical (unpaired) electrons. The summed E-state index contributed by atoms with van der Waals surface area (Å²) in [4.78, 5) is 40.1. The molecule has 52 heavy (non-hydrogen) atoms. The molecule has 0 atom stereocenters. The van der Waals surface area contributed by atoms with Crippen molar-refractivity contribution in [1.29, 1.82) is 0 Å². The molecular weight excluding hydrogens is 664 g/mol. The summed E-state index contributed by atoms with van der Waals surface area (Å²) in [5.41, 5.74) is 32.3. The second-order valence-electron chi connectivity index (χ2n) is 10.7. The Hall–Kier alpha value is -7.48. The van der Waals surface area contributed by atoms with Crippen LogP contribution in [0.15, 0.2) is 121 Å². The van der Waals surface area contributed by atoms with E-state index in [1.807, 2.05) is 0 Å². The van der Waals surface area contributed by atoms with Gasteiger partial charge in [0.15, 0.2) is 0 Å². The van der Waals surface area contributed by atoms with Crippen LogP contribution in [0.2, 0.25) is 0 Å². The smallest absolute Gasteiger partial charge is 0.323 e. The van der Waals surface area contributed by atoms with Gasteiger partial charge in [-0.05, 0) is 91.6 Å². The topological polar surface area (TPSA) is 272 Å².